The molecule has 0 amide bonds. The van der Waals surface area contributed by atoms with Crippen molar-refractivity contribution in [2.45, 2.75) is 0 Å². The summed E-state index contributed by atoms with van der Waals surface area (Å²) in [6.45, 7) is 3.72. The Hall–Kier alpha value is -1.53. The third-order valence-electron chi connectivity index (χ3n) is 3.59. The second-order valence-corrected chi connectivity index (χ2v) is 5.66. The molecule has 1 aliphatic rings. The van der Waals surface area contributed by atoms with Gasteiger partial charge >= 0.3 is 0 Å². The zero-order chi connectivity index (χ0) is 14.1. The van der Waals surface area contributed by atoms with Gasteiger partial charge in [-0.3, -0.25) is 4.57 Å². The van der Waals surface area contributed by atoms with Gasteiger partial charge < -0.3 is 9.80 Å². The molecule has 7 heteroatoms. The first-order valence-corrected chi connectivity index (χ1v) is 7.30. The summed E-state index contributed by atoms with van der Waals surface area (Å²) in [5, 5.41) is 7.89. The number of aromatic amines is 1. The number of nitrogens with zero attached hydrogens (tertiary/aromatic N) is 4. The van der Waals surface area contributed by atoms with Gasteiger partial charge in [-0.25, -0.2) is 5.10 Å². The fourth-order valence-corrected chi connectivity index (χ4v) is 2.77. The lowest BCUT2D eigenvalue weighted by molar-refractivity contribution is 0.629. The maximum atomic E-state index is 6.05. The Morgan fingerprint density at radius 1 is 1.20 bits per heavy atom. The van der Waals surface area contributed by atoms with Gasteiger partial charge in [0.15, 0.2) is 4.77 Å². The van der Waals surface area contributed by atoms with Gasteiger partial charge in [0.1, 0.15) is 0 Å². The van der Waals surface area contributed by atoms with Crippen LogP contribution in [-0.4, -0.2) is 40.9 Å². The van der Waals surface area contributed by atoms with Crippen molar-refractivity contribution in [3.63, 3.8) is 0 Å². The number of anilines is 2. The monoisotopic (exact) mass is 309 g/mol. The number of hydrogen-bond acceptors (Lipinski definition) is 4. The van der Waals surface area contributed by atoms with Crippen LogP contribution in [0.25, 0.3) is 0 Å². The standard InChI is InChI=1S/C13H16ClN5S/c1-17-12(15-16-13(17)20)19-7-5-18(6-8-19)11-4-2-3-10(14)9-11/h2-4,9H,5-8H2,1H3,(H,16,20). The van der Waals surface area contributed by atoms with E-state index in [2.05, 4.69) is 26.1 Å². The summed E-state index contributed by atoms with van der Waals surface area (Å²) in [6, 6.07) is 7.99. The lowest BCUT2D eigenvalue weighted by Gasteiger charge is -2.36. The van der Waals surface area contributed by atoms with Gasteiger partial charge in [0.25, 0.3) is 0 Å². The van der Waals surface area contributed by atoms with Crippen LogP contribution >= 0.6 is 23.8 Å². The fraction of sp³-hybridized carbons (Fsp3) is 0.385. The van der Waals surface area contributed by atoms with Crippen molar-refractivity contribution in [3.05, 3.63) is 34.1 Å². The van der Waals surface area contributed by atoms with Gasteiger partial charge in [-0.05, 0) is 30.4 Å². The molecule has 1 saturated heterocycles. The Morgan fingerprint density at radius 3 is 2.50 bits per heavy atom. The maximum Gasteiger partial charge on any atom is 0.225 e. The predicted octanol–water partition coefficient (Wildman–Crippen LogP) is 2.46. The normalized spacial score (nSPS) is 15.7. The molecular weight excluding hydrogens is 294 g/mol. The highest BCUT2D eigenvalue weighted by molar-refractivity contribution is 7.71. The molecule has 5 nitrogen and oxygen atoms in total. The average Bonchev–Trinajstić information content (AvgIpc) is 2.79. The Labute approximate surface area is 127 Å². The van der Waals surface area contributed by atoms with Crippen molar-refractivity contribution in [2.75, 3.05) is 36.0 Å². The summed E-state index contributed by atoms with van der Waals surface area (Å²) in [5.74, 6) is 0.903. The van der Waals surface area contributed by atoms with E-state index in [9.17, 15) is 0 Å². The first kappa shape index (κ1) is 13.5. The molecule has 3 rings (SSSR count). The Bertz CT molecular complexity index is 657. The molecule has 0 radical (unpaired) electrons. The van der Waals surface area contributed by atoms with E-state index in [1.165, 1.54) is 5.69 Å². The summed E-state index contributed by atoms with van der Waals surface area (Å²) in [6.07, 6.45) is 0. The predicted molar refractivity (Wildman–Crippen MR) is 84.3 cm³/mol. The number of piperazine rings is 1. The van der Waals surface area contributed by atoms with Gasteiger partial charge in [-0.1, -0.05) is 17.7 Å². The Balaban J connectivity index is 1.71. The van der Waals surface area contributed by atoms with E-state index in [0.29, 0.717) is 4.77 Å². The largest absolute Gasteiger partial charge is 0.368 e. The summed E-state index contributed by atoms with van der Waals surface area (Å²) in [5.41, 5.74) is 1.17. The minimum absolute atomic E-state index is 0.650. The Morgan fingerprint density at radius 2 is 1.90 bits per heavy atom. The van der Waals surface area contributed by atoms with Crippen LogP contribution in [0.4, 0.5) is 11.6 Å². The molecular formula is C13H16ClN5S. The van der Waals surface area contributed by atoms with Crippen LogP contribution in [0.15, 0.2) is 24.3 Å². The van der Waals surface area contributed by atoms with Crippen molar-refractivity contribution in [2.24, 2.45) is 7.05 Å². The first-order valence-electron chi connectivity index (χ1n) is 6.52. The van der Waals surface area contributed by atoms with E-state index in [1.807, 2.05) is 29.8 Å². The number of rotatable bonds is 2. The number of H-pyrrole nitrogens is 1. The third-order valence-corrected chi connectivity index (χ3v) is 4.19. The van der Waals surface area contributed by atoms with Crippen LogP contribution in [0, 0.1) is 4.77 Å². The lowest BCUT2D eigenvalue weighted by Crippen LogP contribution is -2.47. The number of aromatic nitrogens is 3. The number of nitrogens with one attached hydrogen (secondary N) is 1. The topological polar surface area (TPSA) is 40.1 Å². The molecule has 0 aliphatic carbocycles. The van der Waals surface area contributed by atoms with Gasteiger partial charge in [0.05, 0.1) is 0 Å². The van der Waals surface area contributed by atoms with E-state index in [-0.39, 0.29) is 0 Å². The summed E-state index contributed by atoms with van der Waals surface area (Å²) < 4.78 is 2.56. The molecule has 0 spiro atoms. The number of benzene rings is 1. The number of hydrogen-bond donors (Lipinski definition) is 1. The third kappa shape index (κ3) is 2.53. The van der Waals surface area contributed by atoms with Crippen molar-refractivity contribution in [3.8, 4) is 0 Å². The molecule has 0 atom stereocenters. The van der Waals surface area contributed by atoms with Crippen molar-refractivity contribution >= 4 is 35.5 Å². The van der Waals surface area contributed by atoms with Crippen LogP contribution in [-0.2, 0) is 7.05 Å². The van der Waals surface area contributed by atoms with Gasteiger partial charge in [-0.2, -0.15) is 0 Å². The smallest absolute Gasteiger partial charge is 0.225 e. The van der Waals surface area contributed by atoms with E-state index >= 15 is 0 Å². The molecule has 0 saturated carbocycles. The van der Waals surface area contributed by atoms with E-state index in [0.717, 1.165) is 37.1 Å². The molecule has 106 valence electrons. The zero-order valence-electron chi connectivity index (χ0n) is 11.2. The lowest BCUT2D eigenvalue weighted by atomic mass is 10.2. The molecule has 1 aromatic heterocycles. The number of halogens is 1. The summed E-state index contributed by atoms with van der Waals surface area (Å²) in [4.78, 5) is 4.58. The van der Waals surface area contributed by atoms with Crippen LogP contribution < -0.4 is 9.80 Å². The molecule has 1 fully saturated rings. The molecule has 1 aliphatic heterocycles. The second-order valence-electron chi connectivity index (χ2n) is 4.84. The molecule has 1 N–H and O–H groups in total. The molecule has 0 unspecified atom stereocenters. The average molecular weight is 310 g/mol. The SMILES string of the molecule is Cn1c(N2CCN(c3cccc(Cl)c3)CC2)n[nH]c1=S. The van der Waals surface area contributed by atoms with Gasteiger partial charge in [-0.15, -0.1) is 5.10 Å². The van der Waals surface area contributed by atoms with Gasteiger partial charge in [0, 0.05) is 43.9 Å². The van der Waals surface area contributed by atoms with E-state index < -0.39 is 0 Å². The van der Waals surface area contributed by atoms with Crippen LogP contribution in [0.5, 0.6) is 0 Å². The molecule has 2 aromatic rings. The van der Waals surface area contributed by atoms with Crippen molar-refractivity contribution < 1.29 is 0 Å². The summed E-state index contributed by atoms with van der Waals surface area (Å²) in [7, 11) is 1.94. The second kappa shape index (κ2) is 5.46. The highest BCUT2D eigenvalue weighted by Gasteiger charge is 2.20. The molecule has 1 aromatic carbocycles. The van der Waals surface area contributed by atoms with E-state index in [1.54, 1.807) is 0 Å². The highest BCUT2D eigenvalue weighted by Crippen LogP contribution is 2.22. The van der Waals surface area contributed by atoms with Crippen molar-refractivity contribution in [1.82, 2.24) is 14.8 Å². The fourth-order valence-electron chi connectivity index (χ4n) is 2.46. The maximum absolute atomic E-state index is 6.05. The highest BCUT2D eigenvalue weighted by atomic mass is 35.5. The van der Waals surface area contributed by atoms with Crippen LogP contribution in [0.1, 0.15) is 0 Å². The van der Waals surface area contributed by atoms with E-state index in [4.69, 9.17) is 23.8 Å². The quantitative estimate of drug-likeness (QED) is 0.865. The van der Waals surface area contributed by atoms with Crippen LogP contribution in [0.2, 0.25) is 5.02 Å². The Kier molecular flexibility index (Phi) is 3.67. The molecule has 2 heterocycles. The van der Waals surface area contributed by atoms with Gasteiger partial charge in [0.2, 0.25) is 5.95 Å². The summed E-state index contributed by atoms with van der Waals surface area (Å²) >= 11 is 11.2. The van der Waals surface area contributed by atoms with Crippen molar-refractivity contribution in [1.29, 1.82) is 0 Å². The first-order chi connectivity index (χ1) is 9.65. The zero-order valence-corrected chi connectivity index (χ0v) is 12.8. The van der Waals surface area contributed by atoms with Crippen LogP contribution in [0.3, 0.4) is 0 Å². The molecule has 20 heavy (non-hydrogen) atoms. The molecule has 0 bridgehead atoms. The minimum atomic E-state index is 0.650. The minimum Gasteiger partial charge on any atom is -0.368 e.